The van der Waals surface area contributed by atoms with Crippen molar-refractivity contribution in [2.45, 2.75) is 6.54 Å². The van der Waals surface area contributed by atoms with Gasteiger partial charge in [-0.2, -0.15) is 0 Å². The van der Waals surface area contributed by atoms with Crippen LogP contribution in [0.2, 0.25) is 0 Å². The lowest BCUT2D eigenvalue weighted by atomic mass is 10.2. The van der Waals surface area contributed by atoms with Gasteiger partial charge in [0.15, 0.2) is 11.5 Å². The molecule has 0 radical (unpaired) electrons. The summed E-state index contributed by atoms with van der Waals surface area (Å²) in [5.41, 5.74) is 1.11. The third kappa shape index (κ3) is 3.78. The molecule has 0 aliphatic rings. The first-order valence-corrected chi connectivity index (χ1v) is 5.41. The minimum atomic E-state index is -0.991. The molecule has 0 fully saturated rings. The number of rotatable bonds is 7. The molecule has 0 atom stereocenters. The van der Waals surface area contributed by atoms with Crippen molar-refractivity contribution in [2.75, 3.05) is 20.8 Å². The molecule has 5 nitrogen and oxygen atoms in total. The number of aliphatic carboxylic acids is 1. The van der Waals surface area contributed by atoms with E-state index in [1.165, 1.54) is 0 Å². The highest BCUT2D eigenvalue weighted by molar-refractivity contribution is 5.86. The number of carboxylic acids is 1. The summed E-state index contributed by atoms with van der Waals surface area (Å²) < 4.78 is 10.3. The molecule has 0 aromatic heterocycles. The molecule has 0 amide bonds. The Morgan fingerprint density at radius 1 is 1.33 bits per heavy atom. The van der Waals surface area contributed by atoms with Gasteiger partial charge in [0.05, 0.1) is 14.2 Å². The van der Waals surface area contributed by atoms with Gasteiger partial charge in [-0.1, -0.05) is 12.6 Å². The molecule has 5 heteroatoms. The fourth-order valence-corrected chi connectivity index (χ4v) is 1.42. The number of carbonyl (C=O) groups is 1. The average Bonchev–Trinajstić information content (AvgIpc) is 2.38. The van der Waals surface area contributed by atoms with Crippen molar-refractivity contribution in [1.29, 1.82) is 0 Å². The smallest absolute Gasteiger partial charge is 0.332 e. The van der Waals surface area contributed by atoms with Crippen LogP contribution in [-0.4, -0.2) is 31.8 Å². The van der Waals surface area contributed by atoms with Crippen molar-refractivity contribution in [2.24, 2.45) is 0 Å². The Hall–Kier alpha value is -2.01. The molecule has 0 unspecified atom stereocenters. The van der Waals surface area contributed by atoms with Crippen LogP contribution in [0.1, 0.15) is 5.56 Å². The second-order valence-electron chi connectivity index (χ2n) is 3.70. The lowest BCUT2D eigenvalue weighted by molar-refractivity contribution is -0.132. The van der Waals surface area contributed by atoms with Crippen molar-refractivity contribution in [3.8, 4) is 11.5 Å². The Bertz CT molecular complexity index is 443. The van der Waals surface area contributed by atoms with Gasteiger partial charge in [0.25, 0.3) is 0 Å². The number of nitrogens with one attached hydrogen (secondary N) is 1. The molecular formula is C13H17NO4. The van der Waals surface area contributed by atoms with E-state index in [2.05, 4.69) is 11.9 Å². The highest BCUT2D eigenvalue weighted by Gasteiger charge is 2.06. The maximum Gasteiger partial charge on any atom is 0.332 e. The van der Waals surface area contributed by atoms with Crippen LogP contribution in [0.15, 0.2) is 30.4 Å². The van der Waals surface area contributed by atoms with Crippen molar-refractivity contribution in [1.82, 2.24) is 5.32 Å². The van der Waals surface area contributed by atoms with Crippen molar-refractivity contribution in [3.05, 3.63) is 35.9 Å². The number of ether oxygens (including phenoxy) is 2. The summed E-state index contributed by atoms with van der Waals surface area (Å²) in [5, 5.41) is 11.6. The molecule has 18 heavy (non-hydrogen) atoms. The van der Waals surface area contributed by atoms with Crippen LogP contribution in [0.25, 0.3) is 0 Å². The van der Waals surface area contributed by atoms with Gasteiger partial charge in [0.2, 0.25) is 0 Å². The molecule has 0 aliphatic carbocycles. The molecule has 0 aliphatic heterocycles. The summed E-state index contributed by atoms with van der Waals surface area (Å²) in [6.45, 7) is 4.21. The van der Waals surface area contributed by atoms with Crippen LogP contribution in [0.3, 0.4) is 0 Å². The summed E-state index contributed by atoms with van der Waals surface area (Å²) in [7, 11) is 3.15. The third-order valence-electron chi connectivity index (χ3n) is 2.42. The van der Waals surface area contributed by atoms with E-state index >= 15 is 0 Å². The van der Waals surface area contributed by atoms with Gasteiger partial charge in [-0.25, -0.2) is 4.79 Å². The number of carboxylic acid groups (broad SMARTS) is 1. The van der Waals surface area contributed by atoms with Crippen molar-refractivity contribution in [3.63, 3.8) is 0 Å². The van der Waals surface area contributed by atoms with Gasteiger partial charge >= 0.3 is 5.97 Å². The molecule has 0 bridgehead atoms. The fraction of sp³-hybridized carbons (Fsp3) is 0.308. The average molecular weight is 251 g/mol. The van der Waals surface area contributed by atoms with Crippen LogP contribution >= 0.6 is 0 Å². The zero-order chi connectivity index (χ0) is 13.5. The lowest BCUT2D eigenvalue weighted by Gasteiger charge is -2.10. The van der Waals surface area contributed by atoms with Crippen LogP contribution in [0.5, 0.6) is 11.5 Å². The minimum Gasteiger partial charge on any atom is -0.493 e. The molecule has 98 valence electrons. The zero-order valence-corrected chi connectivity index (χ0v) is 10.5. The predicted octanol–water partition coefficient (Wildman–Crippen LogP) is 1.43. The largest absolute Gasteiger partial charge is 0.493 e. The number of benzene rings is 1. The van der Waals surface area contributed by atoms with Gasteiger partial charge in [-0.05, 0) is 17.7 Å². The van der Waals surface area contributed by atoms with Crippen LogP contribution < -0.4 is 14.8 Å². The summed E-state index contributed by atoms with van der Waals surface area (Å²) >= 11 is 0. The summed E-state index contributed by atoms with van der Waals surface area (Å²) in [6.07, 6.45) is 0. The maximum atomic E-state index is 10.5. The second-order valence-corrected chi connectivity index (χ2v) is 3.70. The van der Waals surface area contributed by atoms with Crippen LogP contribution in [0, 0.1) is 0 Å². The van der Waals surface area contributed by atoms with Crippen LogP contribution in [-0.2, 0) is 11.3 Å². The first-order chi connectivity index (χ1) is 8.58. The van der Waals surface area contributed by atoms with Gasteiger partial charge < -0.3 is 19.9 Å². The van der Waals surface area contributed by atoms with Gasteiger partial charge in [-0.3, -0.25) is 0 Å². The Balaban J connectivity index is 2.58. The van der Waals surface area contributed by atoms with E-state index in [-0.39, 0.29) is 12.1 Å². The topological polar surface area (TPSA) is 67.8 Å². The van der Waals surface area contributed by atoms with E-state index in [0.29, 0.717) is 18.0 Å². The fourth-order valence-electron chi connectivity index (χ4n) is 1.42. The summed E-state index contributed by atoms with van der Waals surface area (Å²) in [6, 6.07) is 5.54. The lowest BCUT2D eigenvalue weighted by Crippen LogP contribution is -2.19. The van der Waals surface area contributed by atoms with Gasteiger partial charge in [0, 0.05) is 18.7 Å². The Labute approximate surface area is 106 Å². The quantitative estimate of drug-likeness (QED) is 0.718. The Morgan fingerprint density at radius 3 is 2.56 bits per heavy atom. The first-order valence-electron chi connectivity index (χ1n) is 5.41. The molecule has 1 aromatic rings. The zero-order valence-electron chi connectivity index (χ0n) is 10.5. The normalized spacial score (nSPS) is 9.89. The van der Waals surface area contributed by atoms with E-state index < -0.39 is 5.97 Å². The molecular weight excluding hydrogens is 234 g/mol. The predicted molar refractivity (Wildman–Crippen MR) is 68.0 cm³/mol. The van der Waals surface area contributed by atoms with Gasteiger partial charge in [-0.15, -0.1) is 0 Å². The van der Waals surface area contributed by atoms with E-state index in [1.54, 1.807) is 14.2 Å². The second kappa shape index (κ2) is 6.66. The SMILES string of the molecule is C=C(CNCc1ccc(OC)c(OC)c1)C(=O)O. The monoisotopic (exact) mass is 251 g/mol. The van der Waals surface area contributed by atoms with E-state index in [9.17, 15) is 4.79 Å². The standard InChI is InChI=1S/C13H17NO4/c1-9(13(15)16)7-14-8-10-4-5-11(17-2)12(6-10)18-3/h4-6,14H,1,7-8H2,2-3H3,(H,15,16). The molecule has 1 rings (SSSR count). The molecule has 0 spiro atoms. The highest BCUT2D eigenvalue weighted by atomic mass is 16.5. The summed E-state index contributed by atoms with van der Waals surface area (Å²) in [4.78, 5) is 10.5. The summed E-state index contributed by atoms with van der Waals surface area (Å²) in [5.74, 6) is 0.319. The third-order valence-corrected chi connectivity index (χ3v) is 2.42. The number of hydrogen-bond acceptors (Lipinski definition) is 4. The molecule has 0 saturated heterocycles. The minimum absolute atomic E-state index is 0.135. The maximum absolute atomic E-state index is 10.5. The molecule has 0 heterocycles. The first kappa shape index (κ1) is 14.1. The number of methoxy groups -OCH3 is 2. The van der Waals surface area contributed by atoms with E-state index in [0.717, 1.165) is 5.56 Å². The number of hydrogen-bond donors (Lipinski definition) is 2. The van der Waals surface area contributed by atoms with Gasteiger partial charge in [0.1, 0.15) is 0 Å². The molecule has 2 N–H and O–H groups in total. The van der Waals surface area contributed by atoms with E-state index in [1.807, 2.05) is 18.2 Å². The van der Waals surface area contributed by atoms with Crippen molar-refractivity contribution >= 4 is 5.97 Å². The van der Waals surface area contributed by atoms with Crippen LogP contribution in [0.4, 0.5) is 0 Å². The Morgan fingerprint density at radius 2 is 2.00 bits per heavy atom. The van der Waals surface area contributed by atoms with E-state index in [4.69, 9.17) is 14.6 Å². The van der Waals surface area contributed by atoms with Crippen molar-refractivity contribution < 1.29 is 19.4 Å². The Kier molecular flexibility index (Phi) is 5.20. The molecule has 1 aromatic carbocycles. The molecule has 0 saturated carbocycles. The highest BCUT2D eigenvalue weighted by Crippen LogP contribution is 2.27.